The van der Waals surface area contributed by atoms with Gasteiger partial charge in [-0.3, -0.25) is 0 Å². The minimum Gasteiger partial charge on any atom is -0.479 e. The van der Waals surface area contributed by atoms with Crippen LogP contribution in [0.2, 0.25) is 0 Å². The lowest BCUT2D eigenvalue weighted by Gasteiger charge is -2.18. The molecule has 0 aromatic heterocycles. The fourth-order valence-corrected chi connectivity index (χ4v) is 1.84. The number of amides is 2. The Morgan fingerprint density at radius 2 is 1.95 bits per heavy atom. The van der Waals surface area contributed by atoms with Crippen molar-refractivity contribution in [2.75, 3.05) is 19.7 Å². The second-order valence-corrected chi connectivity index (χ2v) is 4.97. The molecule has 1 atom stereocenters. The summed E-state index contributed by atoms with van der Waals surface area (Å²) in [4.78, 5) is 21.9. The first-order valence-electron chi connectivity index (χ1n) is 6.51. The third-order valence-electron chi connectivity index (χ3n) is 3.10. The summed E-state index contributed by atoms with van der Waals surface area (Å²) >= 11 is 0. The van der Waals surface area contributed by atoms with Crippen molar-refractivity contribution >= 4 is 12.0 Å². The summed E-state index contributed by atoms with van der Waals surface area (Å²) < 4.78 is 5.55. The van der Waals surface area contributed by atoms with E-state index in [-0.39, 0.29) is 6.54 Å². The summed E-state index contributed by atoms with van der Waals surface area (Å²) in [6.07, 6.45) is 4.85. The first-order chi connectivity index (χ1) is 8.92. The van der Waals surface area contributed by atoms with Crippen LogP contribution in [-0.4, -0.2) is 53.6 Å². The van der Waals surface area contributed by atoms with Gasteiger partial charge in [-0.05, 0) is 19.8 Å². The standard InChI is InChI=1S/C12H22N2O5/c1-12(18,10(15)16)8-14-11(17)13-6-7-19-9-4-2-3-5-9/h9,18H,2-8H2,1H3,(H,15,16)(H2,13,14,17). The van der Waals surface area contributed by atoms with Crippen LogP contribution >= 0.6 is 0 Å². The number of carbonyl (C=O) groups is 2. The average Bonchev–Trinajstić information content (AvgIpc) is 2.85. The van der Waals surface area contributed by atoms with Crippen LogP contribution in [0.15, 0.2) is 0 Å². The molecular weight excluding hydrogens is 252 g/mol. The normalized spacial score (nSPS) is 18.8. The van der Waals surface area contributed by atoms with Gasteiger partial charge in [-0.25, -0.2) is 9.59 Å². The zero-order valence-electron chi connectivity index (χ0n) is 11.1. The number of hydrogen-bond donors (Lipinski definition) is 4. The van der Waals surface area contributed by atoms with Crippen molar-refractivity contribution in [2.45, 2.75) is 44.3 Å². The number of urea groups is 1. The molecule has 7 nitrogen and oxygen atoms in total. The Morgan fingerprint density at radius 3 is 2.53 bits per heavy atom. The molecule has 1 saturated carbocycles. The molecule has 110 valence electrons. The van der Waals surface area contributed by atoms with Crippen molar-refractivity contribution in [3.63, 3.8) is 0 Å². The van der Waals surface area contributed by atoms with Gasteiger partial charge in [-0.1, -0.05) is 12.8 Å². The average molecular weight is 274 g/mol. The highest BCUT2D eigenvalue weighted by molar-refractivity contribution is 5.79. The lowest BCUT2D eigenvalue weighted by molar-refractivity contribution is -0.155. The van der Waals surface area contributed by atoms with Crippen molar-refractivity contribution in [1.82, 2.24) is 10.6 Å². The van der Waals surface area contributed by atoms with Gasteiger partial charge in [0.1, 0.15) is 0 Å². The second kappa shape index (κ2) is 7.30. The van der Waals surface area contributed by atoms with Crippen molar-refractivity contribution < 1.29 is 24.5 Å². The van der Waals surface area contributed by atoms with Crippen molar-refractivity contribution in [1.29, 1.82) is 0 Å². The highest BCUT2D eigenvalue weighted by Crippen LogP contribution is 2.20. The minimum atomic E-state index is -1.96. The number of aliphatic carboxylic acids is 1. The molecule has 0 heterocycles. The Hall–Kier alpha value is -1.34. The van der Waals surface area contributed by atoms with Gasteiger partial charge >= 0.3 is 12.0 Å². The number of nitrogens with one attached hydrogen (secondary N) is 2. The van der Waals surface area contributed by atoms with Crippen LogP contribution in [0, 0.1) is 0 Å². The van der Waals surface area contributed by atoms with Gasteiger partial charge in [0, 0.05) is 6.54 Å². The van der Waals surface area contributed by atoms with E-state index in [1.165, 1.54) is 12.8 Å². The van der Waals surface area contributed by atoms with Crippen molar-refractivity contribution in [3.05, 3.63) is 0 Å². The number of rotatable bonds is 7. The zero-order chi connectivity index (χ0) is 14.3. The van der Waals surface area contributed by atoms with Crippen LogP contribution < -0.4 is 10.6 Å². The van der Waals surface area contributed by atoms with E-state index in [0.29, 0.717) is 19.3 Å². The number of aliphatic hydroxyl groups is 1. The van der Waals surface area contributed by atoms with Crippen LogP contribution in [0.1, 0.15) is 32.6 Å². The van der Waals surface area contributed by atoms with Crippen LogP contribution in [-0.2, 0) is 9.53 Å². The SMILES string of the molecule is CC(O)(CNC(=O)NCCOC1CCCC1)C(=O)O. The molecule has 0 spiro atoms. The lowest BCUT2D eigenvalue weighted by Crippen LogP contribution is -2.49. The Morgan fingerprint density at radius 1 is 1.32 bits per heavy atom. The fourth-order valence-electron chi connectivity index (χ4n) is 1.84. The number of carboxylic acids is 1. The number of carboxylic acid groups (broad SMARTS) is 1. The maximum Gasteiger partial charge on any atom is 0.337 e. The lowest BCUT2D eigenvalue weighted by atomic mass is 10.1. The predicted octanol–water partition coefficient (Wildman–Crippen LogP) is 0.0804. The topological polar surface area (TPSA) is 108 Å². The molecule has 0 aromatic carbocycles. The molecule has 0 bridgehead atoms. The Kier molecular flexibility index (Phi) is 6.04. The summed E-state index contributed by atoms with van der Waals surface area (Å²) in [5.74, 6) is -1.38. The molecule has 0 aliphatic heterocycles. The molecule has 7 heteroatoms. The maximum atomic E-state index is 11.3. The van der Waals surface area contributed by atoms with E-state index in [0.717, 1.165) is 19.8 Å². The van der Waals surface area contributed by atoms with E-state index in [4.69, 9.17) is 9.84 Å². The van der Waals surface area contributed by atoms with Crippen molar-refractivity contribution in [3.8, 4) is 0 Å². The maximum absolute atomic E-state index is 11.3. The quantitative estimate of drug-likeness (QED) is 0.492. The first-order valence-corrected chi connectivity index (χ1v) is 6.51. The van der Waals surface area contributed by atoms with Crippen LogP contribution in [0.25, 0.3) is 0 Å². The molecular formula is C12H22N2O5. The predicted molar refractivity (Wildman–Crippen MR) is 67.9 cm³/mol. The van der Waals surface area contributed by atoms with Gasteiger partial charge in [0.15, 0.2) is 5.60 Å². The molecule has 1 rings (SSSR count). The summed E-state index contributed by atoms with van der Waals surface area (Å²) in [7, 11) is 0. The van der Waals surface area contributed by atoms with E-state index in [1.807, 2.05) is 0 Å². The third-order valence-corrected chi connectivity index (χ3v) is 3.10. The molecule has 2 amide bonds. The smallest absolute Gasteiger partial charge is 0.337 e. The molecule has 0 saturated heterocycles. The molecule has 19 heavy (non-hydrogen) atoms. The third kappa shape index (κ3) is 5.89. The van der Waals surface area contributed by atoms with Gasteiger partial charge in [-0.15, -0.1) is 0 Å². The molecule has 4 N–H and O–H groups in total. The van der Waals surface area contributed by atoms with E-state index in [2.05, 4.69) is 10.6 Å². The number of hydrogen-bond acceptors (Lipinski definition) is 4. The van der Waals surface area contributed by atoms with Crippen LogP contribution in [0.3, 0.4) is 0 Å². The van der Waals surface area contributed by atoms with Gasteiger partial charge in [0.05, 0.1) is 19.3 Å². The number of ether oxygens (including phenoxy) is 1. The van der Waals surface area contributed by atoms with Gasteiger partial charge in [-0.2, -0.15) is 0 Å². The largest absolute Gasteiger partial charge is 0.479 e. The highest BCUT2D eigenvalue weighted by atomic mass is 16.5. The molecule has 1 aliphatic carbocycles. The molecule has 1 aliphatic rings. The minimum absolute atomic E-state index is 0.303. The van der Waals surface area contributed by atoms with E-state index in [1.54, 1.807) is 0 Å². The summed E-state index contributed by atoms with van der Waals surface area (Å²) in [6, 6.07) is -0.517. The first kappa shape index (κ1) is 15.7. The molecule has 0 aromatic rings. The van der Waals surface area contributed by atoms with Gasteiger partial charge in [0.25, 0.3) is 0 Å². The van der Waals surface area contributed by atoms with Crippen LogP contribution in [0.5, 0.6) is 0 Å². The fraction of sp³-hybridized carbons (Fsp3) is 0.833. The Bertz CT molecular complexity index is 313. The van der Waals surface area contributed by atoms with E-state index >= 15 is 0 Å². The highest BCUT2D eigenvalue weighted by Gasteiger charge is 2.30. The zero-order valence-corrected chi connectivity index (χ0v) is 11.1. The Labute approximate surface area is 112 Å². The Balaban J connectivity index is 2.06. The summed E-state index contributed by atoms with van der Waals surface area (Å²) in [5, 5.41) is 22.9. The van der Waals surface area contributed by atoms with Gasteiger partial charge < -0.3 is 25.6 Å². The van der Waals surface area contributed by atoms with E-state index in [9.17, 15) is 14.7 Å². The second-order valence-electron chi connectivity index (χ2n) is 4.97. The molecule has 1 fully saturated rings. The van der Waals surface area contributed by atoms with Crippen LogP contribution in [0.4, 0.5) is 4.79 Å². The van der Waals surface area contributed by atoms with Crippen molar-refractivity contribution in [2.24, 2.45) is 0 Å². The monoisotopic (exact) mass is 274 g/mol. The summed E-state index contributed by atoms with van der Waals surface area (Å²) in [6.45, 7) is 1.57. The molecule has 1 unspecified atom stereocenters. The number of carbonyl (C=O) groups excluding carboxylic acids is 1. The van der Waals surface area contributed by atoms with Gasteiger partial charge in [0.2, 0.25) is 0 Å². The molecule has 0 radical (unpaired) electrons. The van der Waals surface area contributed by atoms with E-state index < -0.39 is 17.6 Å². The summed E-state index contributed by atoms with van der Waals surface area (Å²) in [5.41, 5.74) is -1.96.